The minimum absolute atomic E-state index is 0.0409. The van der Waals surface area contributed by atoms with Gasteiger partial charge >= 0.3 is 0 Å². The summed E-state index contributed by atoms with van der Waals surface area (Å²) in [6.07, 6.45) is 0.246. The molecule has 0 radical (unpaired) electrons. The van der Waals surface area contributed by atoms with Crippen LogP contribution in [0.2, 0.25) is 0 Å². The number of rotatable bonds is 10. The van der Waals surface area contributed by atoms with Crippen molar-refractivity contribution in [3.05, 3.63) is 35.3 Å². The minimum Gasteiger partial charge on any atom is -0.497 e. The minimum atomic E-state index is -0.120. The summed E-state index contributed by atoms with van der Waals surface area (Å²) in [6.45, 7) is 4.78. The average Bonchev–Trinajstić information content (AvgIpc) is 3.20. The van der Waals surface area contributed by atoms with Crippen LogP contribution in [0.25, 0.3) is 0 Å². The Morgan fingerprint density at radius 2 is 2.13 bits per heavy atom. The Labute approximate surface area is 184 Å². The standard InChI is InChI=1S/C20H26N4O4S2/c1-27-17-4-2-3-15(11-17)22-19(26)14-30-20-23-16(13-29-20)12-18(25)21-5-6-24-7-9-28-10-8-24/h2-4,11,13H,5-10,12,14H2,1H3,(H,21,25)(H,22,26). The van der Waals surface area contributed by atoms with E-state index in [1.165, 1.54) is 23.1 Å². The van der Waals surface area contributed by atoms with Crippen LogP contribution in [0.3, 0.4) is 0 Å². The first-order valence-electron chi connectivity index (χ1n) is 9.70. The molecular weight excluding hydrogens is 424 g/mol. The number of carbonyl (C=O) groups is 2. The SMILES string of the molecule is COc1cccc(NC(=O)CSc2nc(CC(=O)NCCN3CCOCC3)cs2)c1. The molecule has 1 aromatic carbocycles. The summed E-state index contributed by atoms with van der Waals surface area (Å²) in [5.74, 6) is 0.774. The number of thioether (sulfide) groups is 1. The molecule has 0 unspecified atom stereocenters. The maximum Gasteiger partial charge on any atom is 0.234 e. The lowest BCUT2D eigenvalue weighted by atomic mass is 10.3. The number of nitrogens with zero attached hydrogens (tertiary/aromatic N) is 2. The van der Waals surface area contributed by atoms with Gasteiger partial charge in [-0.25, -0.2) is 4.98 Å². The first-order valence-corrected chi connectivity index (χ1v) is 11.6. The van der Waals surface area contributed by atoms with E-state index in [4.69, 9.17) is 9.47 Å². The molecule has 3 rings (SSSR count). The zero-order chi connectivity index (χ0) is 21.2. The smallest absolute Gasteiger partial charge is 0.234 e. The second-order valence-corrected chi connectivity index (χ2v) is 8.73. The Kier molecular flexibility index (Phi) is 8.94. The Morgan fingerprint density at radius 1 is 1.30 bits per heavy atom. The van der Waals surface area contributed by atoms with Crippen molar-refractivity contribution < 1.29 is 19.1 Å². The molecule has 1 aliphatic heterocycles. The number of hydrogen-bond donors (Lipinski definition) is 2. The number of hydrogen-bond acceptors (Lipinski definition) is 8. The third kappa shape index (κ3) is 7.60. The van der Waals surface area contributed by atoms with Gasteiger partial charge in [0.05, 0.1) is 38.2 Å². The summed E-state index contributed by atoms with van der Waals surface area (Å²) < 4.78 is 11.2. The molecule has 0 saturated carbocycles. The number of benzene rings is 1. The highest BCUT2D eigenvalue weighted by molar-refractivity contribution is 8.01. The number of thiazole rings is 1. The van der Waals surface area contributed by atoms with E-state index in [1.807, 2.05) is 23.6 Å². The fourth-order valence-corrected chi connectivity index (χ4v) is 4.51. The number of anilines is 1. The summed E-state index contributed by atoms with van der Waals surface area (Å²) in [4.78, 5) is 31.0. The van der Waals surface area contributed by atoms with Crippen LogP contribution in [-0.4, -0.2) is 74.0 Å². The number of methoxy groups -OCH3 is 1. The third-order valence-electron chi connectivity index (χ3n) is 4.41. The van der Waals surface area contributed by atoms with Gasteiger partial charge in [-0.3, -0.25) is 14.5 Å². The van der Waals surface area contributed by atoms with E-state index >= 15 is 0 Å². The lowest BCUT2D eigenvalue weighted by molar-refractivity contribution is -0.120. The van der Waals surface area contributed by atoms with Crippen molar-refractivity contribution in [1.29, 1.82) is 0 Å². The van der Waals surface area contributed by atoms with Crippen molar-refractivity contribution in [2.45, 2.75) is 10.8 Å². The number of morpholine rings is 1. The van der Waals surface area contributed by atoms with E-state index in [1.54, 1.807) is 13.2 Å². The number of amides is 2. The molecule has 1 saturated heterocycles. The number of ether oxygens (including phenoxy) is 2. The van der Waals surface area contributed by atoms with Crippen molar-refractivity contribution in [2.24, 2.45) is 0 Å². The van der Waals surface area contributed by atoms with E-state index in [-0.39, 0.29) is 24.0 Å². The quantitative estimate of drug-likeness (QED) is 0.534. The zero-order valence-electron chi connectivity index (χ0n) is 16.9. The van der Waals surface area contributed by atoms with Gasteiger partial charge in [0.2, 0.25) is 11.8 Å². The van der Waals surface area contributed by atoms with Crippen LogP contribution in [0, 0.1) is 0 Å². The third-order valence-corrected chi connectivity index (χ3v) is 6.48. The Balaban J connectivity index is 1.35. The maximum atomic E-state index is 12.1. The monoisotopic (exact) mass is 450 g/mol. The number of nitrogens with one attached hydrogen (secondary N) is 2. The van der Waals surface area contributed by atoms with Crippen molar-refractivity contribution in [3.8, 4) is 5.75 Å². The predicted molar refractivity (Wildman–Crippen MR) is 118 cm³/mol. The molecule has 0 spiro atoms. The van der Waals surface area contributed by atoms with Crippen LogP contribution < -0.4 is 15.4 Å². The zero-order valence-corrected chi connectivity index (χ0v) is 18.5. The fourth-order valence-electron chi connectivity index (χ4n) is 2.87. The number of carbonyl (C=O) groups excluding carboxylic acids is 2. The van der Waals surface area contributed by atoms with Crippen molar-refractivity contribution in [1.82, 2.24) is 15.2 Å². The highest BCUT2D eigenvalue weighted by atomic mass is 32.2. The van der Waals surface area contributed by atoms with Crippen LogP contribution in [0.4, 0.5) is 5.69 Å². The van der Waals surface area contributed by atoms with Gasteiger partial charge in [0, 0.05) is 43.3 Å². The van der Waals surface area contributed by atoms with Crippen LogP contribution in [0.1, 0.15) is 5.69 Å². The molecule has 0 bridgehead atoms. The van der Waals surface area contributed by atoms with Gasteiger partial charge in [0.15, 0.2) is 4.34 Å². The molecule has 1 aromatic heterocycles. The van der Waals surface area contributed by atoms with Crippen LogP contribution in [0.15, 0.2) is 34.0 Å². The summed E-state index contributed by atoms with van der Waals surface area (Å²) in [5, 5.41) is 7.64. The van der Waals surface area contributed by atoms with Crippen molar-refractivity contribution >= 4 is 40.6 Å². The van der Waals surface area contributed by atoms with E-state index in [2.05, 4.69) is 20.5 Å². The molecule has 2 amide bonds. The normalized spacial score (nSPS) is 14.3. The molecule has 1 aliphatic rings. The van der Waals surface area contributed by atoms with Gasteiger partial charge in [-0.1, -0.05) is 17.8 Å². The molecule has 2 N–H and O–H groups in total. The summed E-state index contributed by atoms with van der Waals surface area (Å²) in [6, 6.07) is 7.22. The highest BCUT2D eigenvalue weighted by Gasteiger charge is 2.12. The molecular formula is C20H26N4O4S2. The molecule has 162 valence electrons. The van der Waals surface area contributed by atoms with Gasteiger partial charge < -0.3 is 20.1 Å². The molecule has 1 fully saturated rings. The molecule has 10 heteroatoms. The summed E-state index contributed by atoms with van der Waals surface area (Å²) in [7, 11) is 1.58. The van der Waals surface area contributed by atoms with Crippen LogP contribution >= 0.6 is 23.1 Å². The molecule has 8 nitrogen and oxygen atoms in total. The van der Waals surface area contributed by atoms with Gasteiger partial charge in [-0.05, 0) is 12.1 Å². The van der Waals surface area contributed by atoms with Crippen LogP contribution in [-0.2, 0) is 20.7 Å². The van der Waals surface area contributed by atoms with E-state index < -0.39 is 0 Å². The predicted octanol–water partition coefficient (Wildman–Crippen LogP) is 1.87. The summed E-state index contributed by atoms with van der Waals surface area (Å²) >= 11 is 2.80. The Bertz CT molecular complexity index is 840. The van der Waals surface area contributed by atoms with E-state index in [0.717, 1.165) is 42.9 Å². The number of aromatic nitrogens is 1. The van der Waals surface area contributed by atoms with Gasteiger partial charge in [-0.2, -0.15) is 0 Å². The lowest BCUT2D eigenvalue weighted by Gasteiger charge is -2.26. The molecule has 0 aliphatic carbocycles. The molecule has 30 heavy (non-hydrogen) atoms. The second-order valence-electron chi connectivity index (χ2n) is 6.65. The van der Waals surface area contributed by atoms with E-state index in [9.17, 15) is 9.59 Å². The molecule has 2 aromatic rings. The fraction of sp³-hybridized carbons (Fsp3) is 0.450. The first-order chi connectivity index (χ1) is 14.6. The largest absolute Gasteiger partial charge is 0.497 e. The lowest BCUT2D eigenvalue weighted by Crippen LogP contribution is -2.41. The second kappa shape index (κ2) is 11.9. The summed E-state index contributed by atoms with van der Waals surface area (Å²) in [5.41, 5.74) is 1.41. The van der Waals surface area contributed by atoms with Crippen molar-refractivity contribution in [3.63, 3.8) is 0 Å². The average molecular weight is 451 g/mol. The van der Waals surface area contributed by atoms with Gasteiger partial charge in [0.1, 0.15) is 5.75 Å². The van der Waals surface area contributed by atoms with Crippen LogP contribution in [0.5, 0.6) is 5.75 Å². The highest BCUT2D eigenvalue weighted by Crippen LogP contribution is 2.23. The topological polar surface area (TPSA) is 92.8 Å². The first kappa shape index (κ1) is 22.5. The van der Waals surface area contributed by atoms with E-state index in [0.29, 0.717) is 18.0 Å². The molecule has 2 heterocycles. The molecule has 0 atom stereocenters. The van der Waals surface area contributed by atoms with Crippen molar-refractivity contribution in [2.75, 3.05) is 57.6 Å². The maximum absolute atomic E-state index is 12.1. The van der Waals surface area contributed by atoms with Gasteiger partial charge in [-0.15, -0.1) is 11.3 Å². The Hall–Kier alpha value is -2.14. The van der Waals surface area contributed by atoms with Gasteiger partial charge in [0.25, 0.3) is 0 Å². The Morgan fingerprint density at radius 3 is 2.93 bits per heavy atom.